The fourth-order valence-corrected chi connectivity index (χ4v) is 0.402. The lowest BCUT2D eigenvalue weighted by Gasteiger charge is -1.96. The summed E-state index contributed by atoms with van der Waals surface area (Å²) in [5.74, 6) is -0.366. The van der Waals surface area contributed by atoms with Crippen molar-refractivity contribution < 1.29 is 9.53 Å². The van der Waals surface area contributed by atoms with E-state index in [0.717, 1.165) is 0 Å². The number of carbonyl (C=O) groups is 1. The lowest BCUT2D eigenvalue weighted by molar-refractivity contribution is -0.136. The van der Waals surface area contributed by atoms with Gasteiger partial charge < -0.3 is 4.74 Å². The summed E-state index contributed by atoms with van der Waals surface area (Å²) in [5, 5.41) is 0. The molecule has 0 bridgehead atoms. The number of rotatable bonds is 3. The molecule has 0 aromatic heterocycles. The molecule has 0 fully saturated rings. The van der Waals surface area contributed by atoms with Crippen molar-refractivity contribution in [3.05, 3.63) is 24.8 Å². The Balaban J connectivity index is 3.73. The van der Waals surface area contributed by atoms with Crippen molar-refractivity contribution in [2.75, 3.05) is 7.11 Å². The maximum Gasteiger partial charge on any atom is 0.333 e. The number of hydrogen-bond acceptors (Lipinski definition) is 2. The molecule has 0 saturated carbocycles. The number of hydrogen-bond donors (Lipinski definition) is 0. The molecular formula is C7H10O2. The third-order valence-corrected chi connectivity index (χ3v) is 0.865. The maximum atomic E-state index is 10.5. The molecule has 0 atom stereocenters. The SMILES string of the molecule is C=CCC(=C)C(=O)OC. The van der Waals surface area contributed by atoms with Crippen LogP contribution in [0.1, 0.15) is 6.42 Å². The van der Waals surface area contributed by atoms with Gasteiger partial charge in [-0.2, -0.15) is 0 Å². The molecule has 0 aliphatic rings. The van der Waals surface area contributed by atoms with Crippen LogP contribution >= 0.6 is 0 Å². The van der Waals surface area contributed by atoms with Crippen LogP contribution in [0, 0.1) is 0 Å². The first-order chi connectivity index (χ1) is 4.22. The quantitative estimate of drug-likeness (QED) is 0.323. The van der Waals surface area contributed by atoms with Gasteiger partial charge in [0.05, 0.1) is 7.11 Å². The highest BCUT2D eigenvalue weighted by Crippen LogP contribution is 1.99. The molecule has 0 aromatic rings. The Hall–Kier alpha value is -1.05. The van der Waals surface area contributed by atoms with E-state index in [1.165, 1.54) is 7.11 Å². The van der Waals surface area contributed by atoms with Crippen LogP contribution in [0.15, 0.2) is 24.8 Å². The predicted molar refractivity (Wildman–Crippen MR) is 36.0 cm³/mol. The number of carbonyl (C=O) groups excluding carboxylic acids is 1. The van der Waals surface area contributed by atoms with Crippen molar-refractivity contribution in [2.24, 2.45) is 0 Å². The minimum atomic E-state index is -0.366. The van der Waals surface area contributed by atoms with Gasteiger partial charge in [-0.25, -0.2) is 4.79 Å². The average molecular weight is 126 g/mol. The van der Waals surface area contributed by atoms with E-state index in [2.05, 4.69) is 17.9 Å². The van der Waals surface area contributed by atoms with Gasteiger partial charge in [-0.3, -0.25) is 0 Å². The summed E-state index contributed by atoms with van der Waals surface area (Å²) in [6.45, 7) is 6.92. The monoisotopic (exact) mass is 126 g/mol. The van der Waals surface area contributed by atoms with E-state index >= 15 is 0 Å². The zero-order valence-electron chi connectivity index (χ0n) is 5.52. The van der Waals surface area contributed by atoms with Gasteiger partial charge in [-0.15, -0.1) is 6.58 Å². The first-order valence-electron chi connectivity index (χ1n) is 2.59. The van der Waals surface area contributed by atoms with Gasteiger partial charge in [-0.05, 0) is 6.42 Å². The standard InChI is InChI=1S/C7H10O2/c1-4-5-6(2)7(8)9-3/h4H,1-2,5H2,3H3. The molecule has 2 nitrogen and oxygen atoms in total. The maximum absolute atomic E-state index is 10.5. The molecule has 0 saturated heterocycles. The minimum Gasteiger partial charge on any atom is -0.466 e. The highest BCUT2D eigenvalue weighted by atomic mass is 16.5. The Labute approximate surface area is 54.8 Å². The molecule has 0 N–H and O–H groups in total. The molecule has 50 valence electrons. The molecular weight excluding hydrogens is 116 g/mol. The number of esters is 1. The Morgan fingerprint density at radius 3 is 2.67 bits per heavy atom. The highest BCUT2D eigenvalue weighted by Gasteiger charge is 2.01. The third kappa shape index (κ3) is 2.69. The van der Waals surface area contributed by atoms with Gasteiger partial charge in [0.2, 0.25) is 0 Å². The molecule has 0 aliphatic carbocycles. The van der Waals surface area contributed by atoms with Crippen molar-refractivity contribution >= 4 is 5.97 Å². The second-order valence-electron chi connectivity index (χ2n) is 1.59. The van der Waals surface area contributed by atoms with E-state index in [1.807, 2.05) is 0 Å². The van der Waals surface area contributed by atoms with Gasteiger partial charge in [0.25, 0.3) is 0 Å². The average Bonchev–Trinajstić information content (AvgIpc) is 1.87. The summed E-state index contributed by atoms with van der Waals surface area (Å²) in [4.78, 5) is 10.5. The van der Waals surface area contributed by atoms with Gasteiger partial charge in [0, 0.05) is 5.57 Å². The predicted octanol–water partition coefficient (Wildman–Crippen LogP) is 1.29. The zero-order valence-corrected chi connectivity index (χ0v) is 5.52. The topological polar surface area (TPSA) is 26.3 Å². The van der Waals surface area contributed by atoms with Crippen LogP contribution in [0.5, 0.6) is 0 Å². The molecule has 2 heteroatoms. The largest absolute Gasteiger partial charge is 0.466 e. The number of ether oxygens (including phenoxy) is 1. The highest BCUT2D eigenvalue weighted by molar-refractivity contribution is 5.87. The normalized spacial score (nSPS) is 8.11. The lowest BCUT2D eigenvalue weighted by atomic mass is 10.2. The fraction of sp³-hybridized carbons (Fsp3) is 0.286. The Morgan fingerprint density at radius 1 is 1.78 bits per heavy atom. The Bertz CT molecular complexity index is 136. The van der Waals surface area contributed by atoms with Crippen LogP contribution < -0.4 is 0 Å². The van der Waals surface area contributed by atoms with E-state index in [0.29, 0.717) is 12.0 Å². The molecule has 0 spiro atoms. The summed E-state index contributed by atoms with van der Waals surface area (Å²) in [6, 6.07) is 0. The first kappa shape index (κ1) is 7.95. The smallest absolute Gasteiger partial charge is 0.333 e. The van der Waals surface area contributed by atoms with E-state index < -0.39 is 0 Å². The van der Waals surface area contributed by atoms with E-state index in [1.54, 1.807) is 6.08 Å². The first-order valence-corrected chi connectivity index (χ1v) is 2.59. The molecule has 0 rings (SSSR count). The van der Waals surface area contributed by atoms with Crippen molar-refractivity contribution in [1.82, 2.24) is 0 Å². The van der Waals surface area contributed by atoms with Crippen LogP contribution in [0.2, 0.25) is 0 Å². The van der Waals surface area contributed by atoms with E-state index in [4.69, 9.17) is 0 Å². The van der Waals surface area contributed by atoms with Crippen molar-refractivity contribution in [2.45, 2.75) is 6.42 Å². The fourth-order valence-electron chi connectivity index (χ4n) is 0.402. The molecule has 0 radical (unpaired) electrons. The van der Waals surface area contributed by atoms with Crippen molar-refractivity contribution in [3.8, 4) is 0 Å². The Morgan fingerprint density at radius 2 is 2.33 bits per heavy atom. The van der Waals surface area contributed by atoms with Gasteiger partial charge >= 0.3 is 5.97 Å². The van der Waals surface area contributed by atoms with Gasteiger partial charge in [0.1, 0.15) is 0 Å². The minimum absolute atomic E-state index is 0.366. The summed E-state index contributed by atoms with van der Waals surface area (Å²) < 4.78 is 4.38. The molecule has 0 aliphatic heterocycles. The summed E-state index contributed by atoms with van der Waals surface area (Å²) >= 11 is 0. The van der Waals surface area contributed by atoms with Crippen molar-refractivity contribution in [3.63, 3.8) is 0 Å². The summed E-state index contributed by atoms with van der Waals surface area (Å²) in [7, 11) is 1.33. The van der Waals surface area contributed by atoms with Crippen LogP contribution in [0.3, 0.4) is 0 Å². The van der Waals surface area contributed by atoms with Gasteiger partial charge in [0.15, 0.2) is 0 Å². The molecule has 0 unspecified atom stereocenters. The molecule has 0 heterocycles. The summed E-state index contributed by atoms with van der Waals surface area (Å²) in [5.41, 5.74) is 0.438. The zero-order chi connectivity index (χ0) is 7.28. The van der Waals surface area contributed by atoms with Crippen LogP contribution in [0.25, 0.3) is 0 Å². The number of allylic oxidation sites excluding steroid dienone is 1. The molecule has 9 heavy (non-hydrogen) atoms. The number of methoxy groups -OCH3 is 1. The van der Waals surface area contributed by atoms with Crippen LogP contribution in [-0.4, -0.2) is 13.1 Å². The van der Waals surface area contributed by atoms with Crippen LogP contribution in [0.4, 0.5) is 0 Å². The lowest BCUT2D eigenvalue weighted by Crippen LogP contribution is -2.01. The second kappa shape index (κ2) is 3.89. The third-order valence-electron chi connectivity index (χ3n) is 0.865. The van der Waals surface area contributed by atoms with E-state index in [9.17, 15) is 4.79 Å². The van der Waals surface area contributed by atoms with Crippen molar-refractivity contribution in [1.29, 1.82) is 0 Å². The summed E-state index contributed by atoms with van der Waals surface area (Å²) in [6.07, 6.45) is 2.10. The second-order valence-corrected chi connectivity index (χ2v) is 1.59. The molecule has 0 aromatic carbocycles. The van der Waals surface area contributed by atoms with Gasteiger partial charge in [-0.1, -0.05) is 12.7 Å². The Kier molecular flexibility index (Phi) is 3.44. The van der Waals surface area contributed by atoms with E-state index in [-0.39, 0.29) is 5.97 Å². The molecule has 0 amide bonds. The van der Waals surface area contributed by atoms with Crippen LogP contribution in [-0.2, 0) is 9.53 Å².